The fourth-order valence-corrected chi connectivity index (χ4v) is 2.22. The van der Waals surface area contributed by atoms with E-state index < -0.39 is 0 Å². The van der Waals surface area contributed by atoms with Gasteiger partial charge in [0, 0.05) is 0 Å². The van der Waals surface area contributed by atoms with Crippen molar-refractivity contribution in [3.8, 4) is 0 Å². The van der Waals surface area contributed by atoms with Crippen molar-refractivity contribution in [3.63, 3.8) is 0 Å². The van der Waals surface area contributed by atoms with E-state index >= 15 is 0 Å². The van der Waals surface area contributed by atoms with Gasteiger partial charge >= 0.3 is 0 Å². The fourth-order valence-electron chi connectivity index (χ4n) is 2.22. The molecule has 1 atom stereocenters. The minimum atomic E-state index is 0.404. The molecule has 1 fully saturated rings. The Labute approximate surface area is 93.7 Å². The van der Waals surface area contributed by atoms with Gasteiger partial charge in [-0.1, -0.05) is 39.0 Å². The molecule has 0 amide bonds. The van der Waals surface area contributed by atoms with E-state index in [9.17, 15) is 0 Å². The first-order valence-electron chi connectivity index (χ1n) is 6.06. The largest absolute Gasteiger partial charge is 0.0587 e. The zero-order chi connectivity index (χ0) is 11.0. The molecule has 2 rings (SSSR count). The summed E-state index contributed by atoms with van der Waals surface area (Å²) in [5.74, 6) is 1.86. The van der Waals surface area contributed by atoms with Gasteiger partial charge in [-0.15, -0.1) is 0 Å². The summed E-state index contributed by atoms with van der Waals surface area (Å²) in [4.78, 5) is 0. The number of hydrogen-bond donors (Lipinski definition) is 0. The van der Waals surface area contributed by atoms with Gasteiger partial charge in [-0.2, -0.15) is 0 Å². The van der Waals surface area contributed by atoms with E-state index in [1.807, 2.05) is 0 Å². The third-order valence-electron chi connectivity index (χ3n) is 3.31. The van der Waals surface area contributed by atoms with Crippen molar-refractivity contribution in [2.45, 2.75) is 51.4 Å². The first-order chi connectivity index (χ1) is 7.09. The molecule has 0 aromatic heterocycles. The first kappa shape index (κ1) is 10.7. The molecular formula is C15H21. The number of hydrogen-bond acceptors (Lipinski definition) is 0. The van der Waals surface area contributed by atoms with Gasteiger partial charge in [-0.25, -0.2) is 0 Å². The number of benzene rings is 1. The lowest BCUT2D eigenvalue weighted by atomic mass is 9.88. The van der Waals surface area contributed by atoms with E-state index in [2.05, 4.69) is 45.9 Å². The van der Waals surface area contributed by atoms with Crippen molar-refractivity contribution in [1.29, 1.82) is 0 Å². The van der Waals surface area contributed by atoms with Crippen LogP contribution in [0, 0.1) is 6.92 Å². The molecular weight excluding hydrogens is 180 g/mol. The van der Waals surface area contributed by atoms with E-state index in [1.54, 1.807) is 0 Å². The summed E-state index contributed by atoms with van der Waals surface area (Å²) in [5.41, 5.74) is 4.46. The summed E-state index contributed by atoms with van der Waals surface area (Å²) in [6.07, 6.45) is 2.76. The monoisotopic (exact) mass is 201 g/mol. The van der Waals surface area contributed by atoms with Gasteiger partial charge in [0.15, 0.2) is 0 Å². The predicted octanol–water partition coefficient (Wildman–Crippen LogP) is 4.62. The van der Waals surface area contributed by atoms with Crippen LogP contribution in [-0.4, -0.2) is 0 Å². The van der Waals surface area contributed by atoms with E-state index in [0.717, 1.165) is 5.92 Å². The highest BCUT2D eigenvalue weighted by Gasteiger charge is 2.24. The van der Waals surface area contributed by atoms with E-state index in [0.29, 0.717) is 11.8 Å². The molecule has 1 aromatic carbocycles. The van der Waals surface area contributed by atoms with Gasteiger partial charge in [-0.3, -0.25) is 0 Å². The standard InChI is InChI=1S/C15H21/c1-10(2)14-8-7-13(12-5-6-12)9-15(14)11(3)4/h7-12H,3,5-6H2,1-2,4H3. The van der Waals surface area contributed by atoms with Crippen molar-refractivity contribution in [1.82, 2.24) is 0 Å². The summed E-state index contributed by atoms with van der Waals surface area (Å²) >= 11 is 0. The Bertz CT molecular complexity index is 343. The van der Waals surface area contributed by atoms with E-state index in [1.165, 1.54) is 29.5 Å². The maximum absolute atomic E-state index is 4.17. The zero-order valence-corrected chi connectivity index (χ0v) is 10.1. The van der Waals surface area contributed by atoms with Crippen LogP contribution in [0.2, 0.25) is 0 Å². The molecule has 1 aliphatic carbocycles. The minimum absolute atomic E-state index is 0.404. The Morgan fingerprint density at radius 1 is 1.13 bits per heavy atom. The Balaban J connectivity index is 2.39. The summed E-state index contributed by atoms with van der Waals surface area (Å²) < 4.78 is 0. The van der Waals surface area contributed by atoms with Gasteiger partial charge in [0.1, 0.15) is 0 Å². The topological polar surface area (TPSA) is 0 Å². The normalized spacial score (nSPS) is 16.4. The summed E-state index contributed by atoms with van der Waals surface area (Å²) in [5, 5.41) is 0. The Kier molecular flexibility index (Phi) is 2.86. The van der Waals surface area contributed by atoms with Crippen LogP contribution in [0.3, 0.4) is 0 Å². The molecule has 0 heterocycles. The van der Waals surface area contributed by atoms with Crippen LogP contribution in [-0.2, 0) is 0 Å². The van der Waals surface area contributed by atoms with Gasteiger partial charge in [-0.05, 0) is 54.2 Å². The molecule has 81 valence electrons. The molecule has 1 saturated carbocycles. The van der Waals surface area contributed by atoms with Crippen LogP contribution in [0.5, 0.6) is 0 Å². The molecule has 0 N–H and O–H groups in total. The summed E-state index contributed by atoms with van der Waals surface area (Å²) in [6.45, 7) is 10.9. The van der Waals surface area contributed by atoms with Crippen molar-refractivity contribution < 1.29 is 0 Å². The average Bonchev–Trinajstić information content (AvgIpc) is 2.99. The van der Waals surface area contributed by atoms with Crippen LogP contribution in [0.15, 0.2) is 18.2 Å². The molecule has 1 aromatic rings. The molecule has 1 unspecified atom stereocenters. The first-order valence-corrected chi connectivity index (χ1v) is 6.06. The van der Waals surface area contributed by atoms with Crippen molar-refractivity contribution in [2.24, 2.45) is 0 Å². The van der Waals surface area contributed by atoms with Crippen molar-refractivity contribution >= 4 is 0 Å². The van der Waals surface area contributed by atoms with Gasteiger partial charge in [0.05, 0.1) is 0 Å². The minimum Gasteiger partial charge on any atom is -0.0587 e. The van der Waals surface area contributed by atoms with Crippen molar-refractivity contribution in [3.05, 3.63) is 41.8 Å². The van der Waals surface area contributed by atoms with Gasteiger partial charge in [0.25, 0.3) is 0 Å². The van der Waals surface area contributed by atoms with Gasteiger partial charge in [0.2, 0.25) is 0 Å². The molecule has 0 nitrogen and oxygen atoms in total. The van der Waals surface area contributed by atoms with Crippen LogP contribution >= 0.6 is 0 Å². The number of rotatable bonds is 3. The van der Waals surface area contributed by atoms with Crippen LogP contribution in [0.1, 0.15) is 68.1 Å². The molecule has 0 saturated heterocycles. The smallest absolute Gasteiger partial charge is 0.0161 e. The SMILES string of the molecule is [CH2]C(C)c1cc(C2CC2)ccc1C(C)C. The maximum Gasteiger partial charge on any atom is -0.0161 e. The third kappa shape index (κ3) is 2.25. The van der Waals surface area contributed by atoms with E-state index in [-0.39, 0.29) is 0 Å². The summed E-state index contributed by atoms with van der Waals surface area (Å²) in [7, 11) is 0. The molecule has 0 heteroatoms. The quantitative estimate of drug-likeness (QED) is 0.669. The molecule has 15 heavy (non-hydrogen) atoms. The molecule has 0 spiro atoms. The lowest BCUT2D eigenvalue weighted by Crippen LogP contribution is -1.99. The Morgan fingerprint density at radius 3 is 2.27 bits per heavy atom. The highest BCUT2D eigenvalue weighted by Crippen LogP contribution is 2.41. The predicted molar refractivity (Wildman–Crippen MR) is 66.3 cm³/mol. The van der Waals surface area contributed by atoms with Gasteiger partial charge < -0.3 is 0 Å². The van der Waals surface area contributed by atoms with Crippen LogP contribution in [0.4, 0.5) is 0 Å². The highest BCUT2D eigenvalue weighted by atomic mass is 14.3. The average molecular weight is 201 g/mol. The lowest BCUT2D eigenvalue weighted by molar-refractivity contribution is 0.818. The Hall–Kier alpha value is -0.780. The molecule has 0 bridgehead atoms. The second kappa shape index (κ2) is 4.00. The van der Waals surface area contributed by atoms with E-state index in [4.69, 9.17) is 0 Å². The van der Waals surface area contributed by atoms with Crippen molar-refractivity contribution in [2.75, 3.05) is 0 Å². The second-order valence-corrected chi connectivity index (χ2v) is 5.22. The second-order valence-electron chi connectivity index (χ2n) is 5.22. The van der Waals surface area contributed by atoms with Crippen LogP contribution in [0.25, 0.3) is 0 Å². The molecule has 0 aliphatic heterocycles. The maximum atomic E-state index is 4.17. The lowest BCUT2D eigenvalue weighted by Gasteiger charge is -2.17. The fraction of sp³-hybridized carbons (Fsp3) is 0.533. The molecule has 1 radical (unpaired) electrons. The Morgan fingerprint density at radius 2 is 1.80 bits per heavy atom. The highest BCUT2D eigenvalue weighted by molar-refractivity contribution is 5.39. The summed E-state index contributed by atoms with van der Waals surface area (Å²) in [6, 6.07) is 7.03. The zero-order valence-electron chi connectivity index (χ0n) is 10.1. The van der Waals surface area contributed by atoms with Crippen LogP contribution < -0.4 is 0 Å². The molecule has 1 aliphatic rings. The third-order valence-corrected chi connectivity index (χ3v) is 3.31.